The van der Waals surface area contributed by atoms with Gasteiger partial charge in [0.15, 0.2) is 5.65 Å². The average Bonchev–Trinajstić information content (AvgIpc) is 3.40. The van der Waals surface area contributed by atoms with Crippen LogP contribution in [0.3, 0.4) is 0 Å². The first-order valence-corrected chi connectivity index (χ1v) is 9.42. The number of aliphatic hydroxyl groups is 1. The van der Waals surface area contributed by atoms with E-state index in [4.69, 9.17) is 4.84 Å². The number of nitrogens with zero attached hydrogens (tertiary/aromatic N) is 6. The van der Waals surface area contributed by atoms with Crippen molar-refractivity contribution in [1.29, 1.82) is 5.26 Å². The molecule has 2 aromatic heterocycles. The second kappa shape index (κ2) is 7.93. The molecule has 1 amide bonds. The van der Waals surface area contributed by atoms with Crippen LogP contribution in [0, 0.1) is 18.3 Å². The average molecular weight is 404 g/mol. The maximum absolute atomic E-state index is 13.3. The molecule has 1 aromatic carbocycles. The molecule has 1 aliphatic rings. The Kier molecular flexibility index (Phi) is 5.16. The molecule has 9 nitrogen and oxygen atoms in total. The van der Waals surface area contributed by atoms with Crippen LogP contribution in [0.5, 0.6) is 0 Å². The summed E-state index contributed by atoms with van der Waals surface area (Å²) >= 11 is 0. The lowest BCUT2D eigenvalue weighted by molar-refractivity contribution is 0.0671. The largest absolute Gasteiger partial charge is 0.399 e. The summed E-state index contributed by atoms with van der Waals surface area (Å²) in [7, 11) is 1.45. The lowest BCUT2D eigenvalue weighted by Crippen LogP contribution is -2.38. The number of nitriles is 1. The highest BCUT2D eigenvalue weighted by Gasteiger charge is 2.34. The van der Waals surface area contributed by atoms with E-state index >= 15 is 0 Å². The van der Waals surface area contributed by atoms with Crippen LogP contribution < -0.4 is 0 Å². The Bertz CT molecular complexity index is 1190. The van der Waals surface area contributed by atoms with Crippen molar-refractivity contribution in [2.75, 3.05) is 20.3 Å². The number of pyridine rings is 1. The standard InChI is InChI=1S/C21H20N6O3/c1-13-14(9-22)4-3-5-17(13)18-6-7-19(27-20(18)23-12-24-27)21(29)26-10-15(25-30-2)8-16(26)11-28/h3-7,12,16,28H,8,10-11H2,1-2H3. The first kappa shape index (κ1) is 19.5. The summed E-state index contributed by atoms with van der Waals surface area (Å²) in [5.74, 6) is -0.278. The molecule has 1 N–H and O–H groups in total. The first-order chi connectivity index (χ1) is 14.6. The number of oxime groups is 1. The van der Waals surface area contributed by atoms with Gasteiger partial charge < -0.3 is 14.8 Å². The summed E-state index contributed by atoms with van der Waals surface area (Å²) < 4.78 is 1.50. The van der Waals surface area contributed by atoms with Crippen LogP contribution in [0.15, 0.2) is 41.8 Å². The zero-order valence-corrected chi connectivity index (χ0v) is 16.6. The third-order valence-corrected chi connectivity index (χ3v) is 5.35. The van der Waals surface area contributed by atoms with E-state index in [1.807, 2.05) is 25.1 Å². The second-order valence-corrected chi connectivity index (χ2v) is 7.03. The highest BCUT2D eigenvalue weighted by atomic mass is 16.6. The minimum Gasteiger partial charge on any atom is -0.399 e. The predicted octanol–water partition coefficient (Wildman–Crippen LogP) is 1.79. The summed E-state index contributed by atoms with van der Waals surface area (Å²) in [5, 5.41) is 27.2. The van der Waals surface area contributed by atoms with Crippen LogP contribution >= 0.6 is 0 Å². The van der Waals surface area contributed by atoms with Gasteiger partial charge >= 0.3 is 0 Å². The Morgan fingerprint density at radius 3 is 2.93 bits per heavy atom. The van der Waals surface area contributed by atoms with Gasteiger partial charge in [-0.1, -0.05) is 17.3 Å². The molecule has 0 aliphatic carbocycles. The highest BCUT2D eigenvalue weighted by Crippen LogP contribution is 2.29. The van der Waals surface area contributed by atoms with Gasteiger partial charge in [0.2, 0.25) is 0 Å². The molecule has 0 saturated carbocycles. The van der Waals surface area contributed by atoms with Gasteiger partial charge in [-0.2, -0.15) is 10.4 Å². The molecule has 0 radical (unpaired) electrons. The van der Waals surface area contributed by atoms with Crippen molar-refractivity contribution in [1.82, 2.24) is 19.5 Å². The van der Waals surface area contributed by atoms with Gasteiger partial charge in [-0.05, 0) is 36.2 Å². The summed E-state index contributed by atoms with van der Waals surface area (Å²) in [4.78, 5) is 24.0. The van der Waals surface area contributed by atoms with E-state index in [0.29, 0.717) is 29.0 Å². The van der Waals surface area contributed by atoms with Crippen molar-refractivity contribution in [3.05, 3.63) is 53.5 Å². The van der Waals surface area contributed by atoms with E-state index in [1.54, 1.807) is 17.0 Å². The van der Waals surface area contributed by atoms with E-state index < -0.39 is 0 Å². The van der Waals surface area contributed by atoms with Gasteiger partial charge in [-0.25, -0.2) is 9.50 Å². The molecule has 1 atom stereocenters. The predicted molar refractivity (Wildman–Crippen MR) is 109 cm³/mol. The van der Waals surface area contributed by atoms with E-state index in [9.17, 15) is 15.2 Å². The number of benzene rings is 1. The van der Waals surface area contributed by atoms with Crippen molar-refractivity contribution < 1.29 is 14.7 Å². The Labute approximate surface area is 172 Å². The fraction of sp³-hybridized carbons (Fsp3) is 0.286. The molecule has 4 rings (SSSR count). The number of rotatable bonds is 4. The third kappa shape index (κ3) is 3.17. The van der Waals surface area contributed by atoms with Crippen LogP contribution in [0.4, 0.5) is 0 Å². The number of amides is 1. The number of hydrogen-bond acceptors (Lipinski definition) is 7. The van der Waals surface area contributed by atoms with Crippen LogP contribution in [0.25, 0.3) is 16.8 Å². The molecule has 152 valence electrons. The molecule has 1 aliphatic heterocycles. The van der Waals surface area contributed by atoms with Crippen molar-refractivity contribution in [2.45, 2.75) is 19.4 Å². The number of hydrogen-bond donors (Lipinski definition) is 1. The third-order valence-electron chi connectivity index (χ3n) is 5.35. The number of carbonyl (C=O) groups is 1. The van der Waals surface area contributed by atoms with Gasteiger partial charge in [0.1, 0.15) is 19.1 Å². The summed E-state index contributed by atoms with van der Waals surface area (Å²) in [5.41, 5.74) is 4.60. The van der Waals surface area contributed by atoms with Crippen LogP contribution in [0.2, 0.25) is 0 Å². The molecule has 9 heteroatoms. The maximum atomic E-state index is 13.3. The minimum atomic E-state index is -0.376. The quantitative estimate of drug-likeness (QED) is 0.663. The number of fused-ring (bicyclic) bond motifs is 1. The minimum absolute atomic E-state index is 0.173. The normalized spacial score (nSPS) is 17.5. The van der Waals surface area contributed by atoms with Crippen LogP contribution in [-0.2, 0) is 4.84 Å². The zero-order valence-electron chi connectivity index (χ0n) is 16.6. The Morgan fingerprint density at radius 1 is 1.37 bits per heavy atom. The van der Waals surface area contributed by atoms with Gasteiger partial charge in [-0.3, -0.25) is 4.79 Å². The van der Waals surface area contributed by atoms with Crippen molar-refractivity contribution in [2.24, 2.45) is 5.16 Å². The zero-order chi connectivity index (χ0) is 21.3. The lowest BCUT2D eigenvalue weighted by Gasteiger charge is -2.22. The topological polar surface area (TPSA) is 116 Å². The fourth-order valence-corrected chi connectivity index (χ4v) is 3.85. The summed E-state index contributed by atoms with van der Waals surface area (Å²) in [6.07, 6.45) is 1.85. The van der Waals surface area contributed by atoms with Crippen molar-refractivity contribution >= 4 is 17.3 Å². The van der Waals surface area contributed by atoms with E-state index in [0.717, 1.165) is 16.7 Å². The Balaban J connectivity index is 1.78. The molecular formula is C21H20N6O3. The Morgan fingerprint density at radius 2 is 2.20 bits per heavy atom. The number of aliphatic hydroxyl groups excluding tert-OH is 1. The fourth-order valence-electron chi connectivity index (χ4n) is 3.85. The van der Waals surface area contributed by atoms with E-state index in [1.165, 1.54) is 18.0 Å². The molecule has 3 aromatic rings. The SMILES string of the molecule is CON=C1CC(CO)N(C(=O)c2ccc(-c3cccc(C#N)c3C)c3ncnn23)C1. The Hall–Kier alpha value is -3.77. The van der Waals surface area contributed by atoms with Crippen molar-refractivity contribution in [3.63, 3.8) is 0 Å². The second-order valence-electron chi connectivity index (χ2n) is 7.03. The van der Waals surface area contributed by atoms with Crippen molar-refractivity contribution in [3.8, 4) is 17.2 Å². The molecule has 30 heavy (non-hydrogen) atoms. The number of likely N-dealkylation sites (tertiary alicyclic amines) is 1. The summed E-state index contributed by atoms with van der Waals surface area (Å²) in [6.45, 7) is 1.99. The molecule has 1 fully saturated rings. The molecule has 1 unspecified atom stereocenters. The van der Waals surface area contributed by atoms with E-state index in [2.05, 4.69) is 21.3 Å². The number of aromatic nitrogens is 3. The monoisotopic (exact) mass is 404 g/mol. The van der Waals surface area contributed by atoms with E-state index in [-0.39, 0.29) is 25.1 Å². The molecule has 3 heterocycles. The number of carbonyl (C=O) groups excluding carboxylic acids is 1. The smallest absolute Gasteiger partial charge is 0.273 e. The van der Waals surface area contributed by atoms with Gasteiger partial charge in [0.25, 0.3) is 5.91 Å². The summed E-state index contributed by atoms with van der Waals surface area (Å²) in [6, 6.07) is 10.8. The first-order valence-electron chi connectivity index (χ1n) is 9.42. The molecular weight excluding hydrogens is 384 g/mol. The lowest BCUT2D eigenvalue weighted by atomic mass is 9.97. The molecule has 1 saturated heterocycles. The van der Waals surface area contributed by atoms with Gasteiger partial charge in [0, 0.05) is 12.0 Å². The maximum Gasteiger partial charge on any atom is 0.273 e. The van der Waals surface area contributed by atoms with Gasteiger partial charge in [-0.15, -0.1) is 0 Å². The highest BCUT2D eigenvalue weighted by molar-refractivity contribution is 6.00. The molecule has 0 spiro atoms. The van der Waals surface area contributed by atoms with Crippen LogP contribution in [0.1, 0.15) is 28.0 Å². The molecule has 0 bridgehead atoms. The van der Waals surface area contributed by atoms with Gasteiger partial charge in [0.05, 0.1) is 36.5 Å². The van der Waals surface area contributed by atoms with Crippen LogP contribution in [-0.4, -0.2) is 62.5 Å².